The number of rotatable bonds is 29. The van der Waals surface area contributed by atoms with Crippen LogP contribution in [0.25, 0.3) is 22.3 Å². The van der Waals surface area contributed by atoms with E-state index in [1.807, 2.05) is 125 Å². The van der Waals surface area contributed by atoms with Gasteiger partial charge in [-0.25, -0.2) is 46.3 Å². The summed E-state index contributed by atoms with van der Waals surface area (Å²) in [7, 11) is 0.939. The number of aliphatic hydroxyl groups excluding tert-OH is 3. The van der Waals surface area contributed by atoms with Crippen LogP contribution in [0.2, 0.25) is 0 Å². The Hall–Kier alpha value is -13.0. The molecular formula is C104H109B2Br2F4N8O18. The first-order valence-electron chi connectivity index (χ1n) is 44.6. The van der Waals surface area contributed by atoms with Crippen molar-refractivity contribution in [1.82, 2.24) is 34.6 Å². The van der Waals surface area contributed by atoms with Crippen LogP contribution in [0.4, 0.5) is 36.7 Å². The predicted molar refractivity (Wildman–Crippen MR) is 520 cm³/mol. The molecule has 3 aromatic heterocycles. The Morgan fingerprint density at radius 3 is 0.971 bits per heavy atom. The van der Waals surface area contributed by atoms with Gasteiger partial charge in [0.2, 0.25) is 5.91 Å². The van der Waals surface area contributed by atoms with Crippen molar-refractivity contribution >= 4 is 95.1 Å². The van der Waals surface area contributed by atoms with E-state index in [9.17, 15) is 66.4 Å². The van der Waals surface area contributed by atoms with Gasteiger partial charge in [-0.1, -0.05) is 159 Å². The molecule has 721 valence electrons. The van der Waals surface area contributed by atoms with Gasteiger partial charge in [-0.05, 0) is 213 Å². The number of halogens is 6. The van der Waals surface area contributed by atoms with Crippen LogP contribution in [-0.2, 0) is 50.8 Å². The van der Waals surface area contributed by atoms with Gasteiger partial charge in [0.15, 0.2) is 0 Å². The van der Waals surface area contributed by atoms with Crippen molar-refractivity contribution in [3.05, 3.63) is 356 Å². The number of hydrogen-bond acceptors (Lipinski definition) is 21. The maximum atomic E-state index is 13.5. The number of carbonyl (C=O) groups is 7. The molecule has 8 aromatic carbocycles. The van der Waals surface area contributed by atoms with Crippen LogP contribution in [-0.4, -0.2) is 178 Å². The smallest absolute Gasteiger partial charge is 0.465 e. The van der Waals surface area contributed by atoms with E-state index in [0.29, 0.717) is 108 Å². The lowest BCUT2D eigenvalue weighted by atomic mass is 9.81. The van der Waals surface area contributed by atoms with Crippen molar-refractivity contribution in [2.75, 3.05) is 60.2 Å². The highest BCUT2D eigenvalue weighted by Crippen LogP contribution is 2.46. The largest absolute Gasteiger partial charge is 0.490 e. The molecule has 15 rings (SSSR count). The van der Waals surface area contributed by atoms with Gasteiger partial charge >= 0.3 is 43.4 Å². The highest BCUT2D eigenvalue weighted by atomic mass is 79.9. The minimum atomic E-state index is -1.63. The summed E-state index contributed by atoms with van der Waals surface area (Å²) in [4.78, 5) is 105. The first kappa shape index (κ1) is 107. The van der Waals surface area contributed by atoms with Crippen molar-refractivity contribution in [2.45, 2.75) is 145 Å². The average molecular weight is 2020 g/mol. The Labute approximate surface area is 818 Å². The van der Waals surface area contributed by atoms with Crippen LogP contribution < -0.4 is 11.2 Å². The number of cyclic esters (lactones) is 4. The zero-order valence-corrected chi connectivity index (χ0v) is 80.3. The predicted octanol–water partition coefficient (Wildman–Crippen LogP) is 19.1. The molecule has 7 N–H and O–H groups in total. The molecule has 4 aliphatic rings. The molecule has 0 saturated carbocycles. The molecule has 34 heteroatoms. The number of nitrogens with two attached hydrogens (primary N) is 1. The fourth-order valence-corrected chi connectivity index (χ4v) is 17.5. The molecule has 0 unspecified atom stereocenters. The summed E-state index contributed by atoms with van der Waals surface area (Å²) in [5.74, 6) is -2.90. The molecule has 0 bridgehead atoms. The van der Waals surface area contributed by atoms with Crippen molar-refractivity contribution in [1.29, 1.82) is 0 Å². The molecule has 7 heterocycles. The van der Waals surface area contributed by atoms with Gasteiger partial charge in [0.05, 0.1) is 55.1 Å². The van der Waals surface area contributed by atoms with Crippen molar-refractivity contribution in [3.63, 3.8) is 0 Å². The average Bonchev–Trinajstić information content (AvgIpc) is 0.782. The number of pyridine rings is 3. The van der Waals surface area contributed by atoms with E-state index in [2.05, 4.69) is 58.1 Å². The Bertz CT molecular complexity index is 5920. The summed E-state index contributed by atoms with van der Waals surface area (Å²) >= 11 is 6.84. The Morgan fingerprint density at radius 2 is 0.688 bits per heavy atom. The lowest BCUT2D eigenvalue weighted by Crippen LogP contribution is -2.48. The molecule has 0 aliphatic carbocycles. The molecule has 8 atom stereocenters. The number of aromatic nitrogens is 3. The third kappa shape index (κ3) is 27.1. The normalized spacial score (nSPS) is 18.6. The number of benzene rings is 8. The SMILES string of the molecule is C=CC[C@]1(c2ccc(F)cc2)CCN([C@@H](C)c2ccc(Br)cc2)C(=O)O1.COC(=O)c1cncc(-c2ccc([C@H](C)N3CC[C@](CCCO)(c4ccc(F)cc4)OC3=O)cc2)c1.COC(=O)c1cncc(B(O)O)c1.C[C@@H](c1ccc(-c2cncc(C(N)=O)c2)cc1)N1CC[C@](CCCO)(c2ccc(F)cc2)OC1=O.C[C@@H](c1ccc(Br)cc1)N1CC[C@](CCCO)(c2ccc(F)cc2)OC1=O.[B]. The molecule has 4 saturated heterocycles. The summed E-state index contributed by atoms with van der Waals surface area (Å²) in [5, 5.41) is 45.5. The summed E-state index contributed by atoms with van der Waals surface area (Å²) in [5.41, 5.74) is 13.2. The molecule has 5 amide bonds. The van der Waals surface area contributed by atoms with Gasteiger partial charge in [0.1, 0.15) is 45.7 Å². The van der Waals surface area contributed by atoms with E-state index < -0.39 is 59.6 Å². The van der Waals surface area contributed by atoms with Crippen LogP contribution in [0.5, 0.6) is 0 Å². The molecule has 4 fully saturated rings. The number of esters is 2. The summed E-state index contributed by atoms with van der Waals surface area (Å²) in [6, 6.07) is 59.4. The Morgan fingerprint density at radius 1 is 0.420 bits per heavy atom. The number of primary amides is 1. The molecule has 0 spiro atoms. The fraction of sp³-hybridized carbons (Fsp3) is 0.308. The lowest BCUT2D eigenvalue weighted by Gasteiger charge is -2.43. The van der Waals surface area contributed by atoms with E-state index in [4.69, 9.17) is 39.5 Å². The second kappa shape index (κ2) is 49.9. The number of hydrogen-bond donors (Lipinski definition) is 6. The number of aliphatic hydroxyl groups is 3. The van der Waals surface area contributed by atoms with E-state index in [1.54, 1.807) is 98.7 Å². The summed E-state index contributed by atoms with van der Waals surface area (Å²) in [6.07, 6.45) is 14.5. The Kier molecular flexibility index (Phi) is 38.7. The lowest BCUT2D eigenvalue weighted by molar-refractivity contribution is -0.0685. The van der Waals surface area contributed by atoms with Gasteiger partial charge in [0.25, 0.3) is 0 Å². The third-order valence-electron chi connectivity index (χ3n) is 25.0. The Balaban J connectivity index is 0.000000183. The highest BCUT2D eigenvalue weighted by molar-refractivity contribution is 9.10. The second-order valence-corrected chi connectivity index (χ2v) is 35.3. The monoisotopic (exact) mass is 2010 g/mol. The molecule has 138 heavy (non-hydrogen) atoms. The van der Waals surface area contributed by atoms with Crippen LogP contribution in [0.1, 0.15) is 198 Å². The number of carbonyl (C=O) groups excluding carboxylic acids is 7. The molecule has 11 aromatic rings. The quantitative estimate of drug-likeness (QED) is 0.00833. The van der Waals surface area contributed by atoms with Gasteiger partial charge in [-0.15, -0.1) is 6.58 Å². The summed E-state index contributed by atoms with van der Waals surface area (Å²) in [6.45, 7) is 13.6. The first-order chi connectivity index (χ1) is 65.7. The van der Waals surface area contributed by atoms with Crippen molar-refractivity contribution in [2.24, 2.45) is 5.73 Å². The minimum Gasteiger partial charge on any atom is -0.465 e. The maximum Gasteiger partial charge on any atom is 0.490 e. The standard InChI is InChI=1S/C28H29FN2O5.C27H28FN3O4.C21H23BrFNO3.C21H21BrFNO2.C7H8BNO4.B/c1-19(20-4-6-21(7-5-20)22-16-23(18-30-17-22)26(33)35-2)31-14-13-28(12-3-15-32,36-27(31)34)24-8-10-25(29)11-9-24;1-18(19-3-5-20(6-4-19)21-15-22(25(29)33)17-30-16-21)31-13-12-27(11-2-14-32,35-26(31)34)23-7-9-24(28)10-8-23;1-15(16-3-7-18(22)8-4-16)24-13-12-21(11-2-14-25,27-20(24)26)17-5-9-19(23)10-6-17;1-3-12-21(17-6-10-19(23)11-7-17)13-14-24(20(25)26-21)15(2)16-4-8-18(22)9-5-16;1-13-7(10)5-2-6(8(11)12)4-9-3-5;/h4-11,16-19,32H,3,12-15H2,1-2H3;3-10,15-18,32H,2,11-14H2,1H3,(H2,29,33);3-10,15,25H,2,11-14H2,1H3;3-11,15H,1,12-14H2,2H3;2-4,11-12H,1H3;/t19-,28+;18-,27+;2*15-,21+;;/m0000../s1. The second-order valence-electron chi connectivity index (χ2n) is 33.4. The number of methoxy groups -OCH3 is 2. The molecular weight excluding hydrogens is 1910 g/mol. The van der Waals surface area contributed by atoms with Crippen LogP contribution in [0, 0.1) is 23.3 Å². The third-order valence-corrected chi connectivity index (χ3v) is 26.0. The van der Waals surface area contributed by atoms with Crippen molar-refractivity contribution < 1.29 is 105 Å². The van der Waals surface area contributed by atoms with Crippen molar-refractivity contribution in [3.8, 4) is 22.3 Å². The van der Waals surface area contributed by atoms with Crippen LogP contribution in [0.3, 0.4) is 0 Å². The topological polar surface area (TPSA) is 354 Å². The zero-order chi connectivity index (χ0) is 98.7. The van der Waals surface area contributed by atoms with E-state index >= 15 is 0 Å². The molecule has 4 aliphatic heterocycles. The van der Waals surface area contributed by atoms with E-state index in [1.165, 1.54) is 93.6 Å². The van der Waals surface area contributed by atoms with Gasteiger partial charge in [0, 0.05) is 149 Å². The molecule has 3 radical (unpaired) electrons. The highest BCUT2D eigenvalue weighted by Gasteiger charge is 2.48. The van der Waals surface area contributed by atoms with E-state index in [-0.39, 0.29) is 98.9 Å². The van der Waals surface area contributed by atoms with Gasteiger partial charge in [-0.2, -0.15) is 0 Å². The summed E-state index contributed by atoms with van der Waals surface area (Å²) < 4.78 is 88.6. The maximum absolute atomic E-state index is 13.5. The minimum absolute atomic E-state index is 0. The first-order valence-corrected chi connectivity index (χ1v) is 46.2. The fourth-order valence-electron chi connectivity index (χ4n) is 17.0. The van der Waals surface area contributed by atoms with Gasteiger partial charge in [-0.3, -0.25) is 19.7 Å². The van der Waals surface area contributed by atoms with Crippen LogP contribution >= 0.6 is 31.9 Å². The number of nitrogens with zero attached hydrogens (tertiary/aromatic N) is 7. The number of amides is 5. The van der Waals surface area contributed by atoms with Crippen LogP contribution in [0.15, 0.2) is 271 Å². The van der Waals surface area contributed by atoms with E-state index in [0.717, 1.165) is 75.7 Å². The number of ether oxygens (including phenoxy) is 6. The van der Waals surface area contributed by atoms with Gasteiger partial charge < -0.3 is 79.1 Å². The zero-order valence-electron chi connectivity index (χ0n) is 77.2. The molecule has 26 nitrogen and oxygen atoms in total.